The van der Waals surface area contributed by atoms with Crippen LogP contribution in [-0.2, 0) is 6.54 Å². The molecule has 1 aliphatic rings. The van der Waals surface area contributed by atoms with E-state index in [0.29, 0.717) is 12.6 Å². The number of hydrogen-bond donors (Lipinski definition) is 1. The minimum absolute atomic E-state index is 0.0975. The summed E-state index contributed by atoms with van der Waals surface area (Å²) in [5, 5.41) is 2.10. The lowest BCUT2D eigenvalue weighted by Gasteiger charge is -2.31. The van der Waals surface area contributed by atoms with Crippen LogP contribution in [0.2, 0.25) is 0 Å². The van der Waals surface area contributed by atoms with Crippen molar-refractivity contribution in [2.24, 2.45) is 5.73 Å². The second-order valence-electron chi connectivity index (χ2n) is 5.29. The van der Waals surface area contributed by atoms with E-state index in [4.69, 9.17) is 5.73 Å². The van der Waals surface area contributed by atoms with Gasteiger partial charge in [-0.1, -0.05) is 18.2 Å². The highest BCUT2D eigenvalue weighted by atomic mass is 32.1. The van der Waals surface area contributed by atoms with Gasteiger partial charge in [0, 0.05) is 30.1 Å². The molecule has 2 N–H and O–H groups in total. The summed E-state index contributed by atoms with van der Waals surface area (Å²) < 4.78 is 13.5. The van der Waals surface area contributed by atoms with Crippen molar-refractivity contribution in [1.29, 1.82) is 0 Å². The predicted molar refractivity (Wildman–Crippen MR) is 81.1 cm³/mol. The maximum atomic E-state index is 13.5. The lowest BCUT2D eigenvalue weighted by Crippen LogP contribution is -2.35. The third-order valence-electron chi connectivity index (χ3n) is 3.79. The monoisotopic (exact) mass is 290 g/mol. The van der Waals surface area contributed by atoms with Crippen LogP contribution >= 0.6 is 11.3 Å². The Hall–Kier alpha value is -1.23. The topological polar surface area (TPSA) is 29.3 Å². The van der Waals surface area contributed by atoms with Crippen molar-refractivity contribution in [3.63, 3.8) is 0 Å². The Labute approximate surface area is 123 Å². The molecule has 1 aliphatic carbocycles. The number of nitrogens with two attached hydrogens (primary N) is 1. The molecule has 0 amide bonds. The third kappa shape index (κ3) is 3.08. The molecule has 1 atom stereocenters. The molecule has 20 heavy (non-hydrogen) atoms. The van der Waals surface area contributed by atoms with Crippen LogP contribution in [0.4, 0.5) is 4.39 Å². The van der Waals surface area contributed by atoms with Gasteiger partial charge in [-0.2, -0.15) is 0 Å². The van der Waals surface area contributed by atoms with E-state index < -0.39 is 0 Å². The number of thiophene rings is 1. The number of rotatable bonds is 6. The SMILES string of the molecule is NCC(c1cccc(F)c1)N(Cc1cccs1)C1CC1. The van der Waals surface area contributed by atoms with Crippen LogP contribution in [-0.4, -0.2) is 17.5 Å². The molecule has 1 unspecified atom stereocenters. The summed E-state index contributed by atoms with van der Waals surface area (Å²) >= 11 is 1.77. The summed E-state index contributed by atoms with van der Waals surface area (Å²) in [4.78, 5) is 3.77. The molecule has 1 aromatic carbocycles. The van der Waals surface area contributed by atoms with Crippen LogP contribution in [0.3, 0.4) is 0 Å². The maximum absolute atomic E-state index is 13.5. The molecule has 0 spiro atoms. The van der Waals surface area contributed by atoms with Gasteiger partial charge in [0.05, 0.1) is 0 Å². The van der Waals surface area contributed by atoms with Crippen LogP contribution < -0.4 is 5.73 Å². The fraction of sp³-hybridized carbons (Fsp3) is 0.375. The molecular weight excluding hydrogens is 271 g/mol. The van der Waals surface area contributed by atoms with Crippen LogP contribution in [0.15, 0.2) is 41.8 Å². The summed E-state index contributed by atoms with van der Waals surface area (Å²) in [5.74, 6) is -0.187. The average Bonchev–Trinajstić information content (AvgIpc) is 3.16. The fourth-order valence-electron chi connectivity index (χ4n) is 2.66. The van der Waals surface area contributed by atoms with Crippen molar-refractivity contribution in [3.05, 3.63) is 58.0 Å². The number of halogens is 1. The standard InChI is InChI=1S/C16H19FN2S/c17-13-4-1-3-12(9-13)16(10-18)19(14-6-7-14)11-15-5-2-8-20-15/h1-5,8-9,14,16H,6-7,10-11,18H2. The highest BCUT2D eigenvalue weighted by molar-refractivity contribution is 7.09. The molecule has 2 nitrogen and oxygen atoms in total. The van der Waals surface area contributed by atoms with Gasteiger partial charge in [-0.05, 0) is 42.0 Å². The molecule has 2 aromatic rings. The Bertz CT molecular complexity index is 551. The summed E-state index contributed by atoms with van der Waals surface area (Å²) in [7, 11) is 0. The van der Waals surface area contributed by atoms with Crippen molar-refractivity contribution in [1.82, 2.24) is 4.90 Å². The Morgan fingerprint density at radius 1 is 1.30 bits per heavy atom. The zero-order chi connectivity index (χ0) is 13.9. The van der Waals surface area contributed by atoms with Crippen LogP contribution in [0.1, 0.15) is 29.3 Å². The Morgan fingerprint density at radius 2 is 2.15 bits per heavy atom. The Balaban J connectivity index is 1.84. The maximum Gasteiger partial charge on any atom is 0.123 e. The first-order valence-corrected chi connectivity index (χ1v) is 7.89. The smallest absolute Gasteiger partial charge is 0.123 e. The minimum Gasteiger partial charge on any atom is -0.329 e. The summed E-state index contributed by atoms with van der Waals surface area (Å²) in [6.07, 6.45) is 2.44. The normalized spacial score (nSPS) is 16.6. The van der Waals surface area contributed by atoms with Crippen LogP contribution in [0, 0.1) is 5.82 Å². The van der Waals surface area contributed by atoms with Gasteiger partial charge in [0.1, 0.15) is 5.82 Å². The first-order chi connectivity index (χ1) is 9.78. The third-order valence-corrected chi connectivity index (χ3v) is 4.65. The van der Waals surface area contributed by atoms with E-state index in [2.05, 4.69) is 22.4 Å². The molecule has 1 saturated carbocycles. The summed E-state index contributed by atoms with van der Waals surface area (Å²) in [5.41, 5.74) is 6.97. The van der Waals surface area contributed by atoms with Crippen molar-refractivity contribution < 1.29 is 4.39 Å². The highest BCUT2D eigenvalue weighted by Crippen LogP contribution is 2.36. The number of nitrogens with zero attached hydrogens (tertiary/aromatic N) is 1. The zero-order valence-corrected chi connectivity index (χ0v) is 12.2. The summed E-state index contributed by atoms with van der Waals surface area (Å²) in [6.45, 7) is 1.42. The minimum atomic E-state index is -0.187. The van der Waals surface area contributed by atoms with Crippen molar-refractivity contribution in [3.8, 4) is 0 Å². The lowest BCUT2D eigenvalue weighted by molar-refractivity contribution is 0.183. The second kappa shape index (κ2) is 6.04. The molecule has 106 valence electrons. The summed E-state index contributed by atoms with van der Waals surface area (Å²) in [6, 6.07) is 11.8. The van der Waals surface area contributed by atoms with Gasteiger partial charge < -0.3 is 5.73 Å². The van der Waals surface area contributed by atoms with Gasteiger partial charge in [-0.3, -0.25) is 4.90 Å². The van der Waals surface area contributed by atoms with Gasteiger partial charge in [0.2, 0.25) is 0 Å². The first-order valence-electron chi connectivity index (χ1n) is 7.01. The molecule has 3 rings (SSSR count). The molecule has 1 heterocycles. The van der Waals surface area contributed by atoms with Crippen molar-refractivity contribution >= 4 is 11.3 Å². The van der Waals surface area contributed by atoms with Gasteiger partial charge in [-0.25, -0.2) is 4.39 Å². The van der Waals surface area contributed by atoms with E-state index >= 15 is 0 Å². The molecule has 1 fully saturated rings. The molecule has 0 radical (unpaired) electrons. The second-order valence-corrected chi connectivity index (χ2v) is 6.32. The zero-order valence-electron chi connectivity index (χ0n) is 11.3. The first kappa shape index (κ1) is 13.7. The fourth-order valence-corrected chi connectivity index (χ4v) is 3.37. The Morgan fingerprint density at radius 3 is 2.75 bits per heavy atom. The van der Waals surface area contributed by atoms with E-state index in [9.17, 15) is 4.39 Å². The van der Waals surface area contributed by atoms with Crippen molar-refractivity contribution in [2.45, 2.75) is 31.5 Å². The van der Waals surface area contributed by atoms with Gasteiger partial charge in [0.25, 0.3) is 0 Å². The van der Waals surface area contributed by atoms with E-state index in [1.165, 1.54) is 23.8 Å². The van der Waals surface area contributed by atoms with E-state index in [1.54, 1.807) is 23.5 Å². The number of hydrogen-bond acceptors (Lipinski definition) is 3. The lowest BCUT2D eigenvalue weighted by atomic mass is 10.0. The highest BCUT2D eigenvalue weighted by Gasteiger charge is 2.34. The van der Waals surface area contributed by atoms with E-state index in [1.807, 2.05) is 6.07 Å². The predicted octanol–water partition coefficient (Wildman–Crippen LogP) is 3.55. The molecule has 0 bridgehead atoms. The van der Waals surface area contributed by atoms with Gasteiger partial charge >= 0.3 is 0 Å². The van der Waals surface area contributed by atoms with Gasteiger partial charge in [0.15, 0.2) is 0 Å². The largest absolute Gasteiger partial charge is 0.329 e. The average molecular weight is 290 g/mol. The molecular formula is C16H19FN2S. The Kier molecular flexibility index (Phi) is 4.15. The molecule has 0 saturated heterocycles. The number of benzene rings is 1. The van der Waals surface area contributed by atoms with Crippen molar-refractivity contribution in [2.75, 3.05) is 6.54 Å². The molecule has 4 heteroatoms. The van der Waals surface area contributed by atoms with E-state index in [0.717, 1.165) is 12.1 Å². The quantitative estimate of drug-likeness (QED) is 0.881. The van der Waals surface area contributed by atoms with Crippen LogP contribution in [0.5, 0.6) is 0 Å². The van der Waals surface area contributed by atoms with Crippen LogP contribution in [0.25, 0.3) is 0 Å². The molecule has 0 aliphatic heterocycles. The molecule has 1 aromatic heterocycles. The van der Waals surface area contributed by atoms with E-state index in [-0.39, 0.29) is 11.9 Å². The van der Waals surface area contributed by atoms with Gasteiger partial charge in [-0.15, -0.1) is 11.3 Å².